The smallest absolute Gasteiger partial charge is 0.360 e. The van der Waals surface area contributed by atoms with Crippen LogP contribution < -0.4 is 5.32 Å². The second-order valence-corrected chi connectivity index (χ2v) is 4.12. The summed E-state index contributed by atoms with van der Waals surface area (Å²) in [5.41, 5.74) is 1.04. The summed E-state index contributed by atoms with van der Waals surface area (Å²) in [6, 6.07) is 6.65. The molecule has 0 bridgehead atoms. The number of ether oxygens (including phenoxy) is 1. The minimum atomic E-state index is -0.988. The molecule has 0 saturated heterocycles. The Balaban J connectivity index is 1.98. The van der Waals surface area contributed by atoms with Gasteiger partial charge >= 0.3 is 11.9 Å². The molecule has 2 aromatic rings. The summed E-state index contributed by atoms with van der Waals surface area (Å²) >= 11 is 0. The molecule has 1 aromatic carbocycles. The summed E-state index contributed by atoms with van der Waals surface area (Å²) in [7, 11) is 0. The molecule has 0 fully saturated rings. The van der Waals surface area contributed by atoms with E-state index in [1.54, 1.807) is 25.1 Å². The van der Waals surface area contributed by atoms with Crippen molar-refractivity contribution in [2.75, 3.05) is 11.9 Å². The molecule has 0 unspecified atom stereocenters. The average molecular weight is 290 g/mol. The standard InChI is InChI=1S/C14H14N2O5/c1-2-20-13(19)11-8-21-14(16-11)15-7-9-4-3-5-10(6-9)12(17)18/h3-6,8H,2,7H2,1H3,(H,15,16)(H,17,18). The Morgan fingerprint density at radius 3 is 2.95 bits per heavy atom. The van der Waals surface area contributed by atoms with Crippen LogP contribution in [0.1, 0.15) is 33.3 Å². The lowest BCUT2D eigenvalue weighted by atomic mass is 10.1. The third kappa shape index (κ3) is 3.82. The average Bonchev–Trinajstić information content (AvgIpc) is 2.95. The second kappa shape index (κ2) is 6.56. The number of aromatic nitrogens is 1. The zero-order valence-corrected chi connectivity index (χ0v) is 11.3. The van der Waals surface area contributed by atoms with Gasteiger partial charge in [-0.15, -0.1) is 0 Å². The quantitative estimate of drug-likeness (QED) is 0.786. The molecule has 0 aliphatic heterocycles. The van der Waals surface area contributed by atoms with Crippen molar-refractivity contribution in [1.29, 1.82) is 0 Å². The highest BCUT2D eigenvalue weighted by Gasteiger charge is 2.13. The molecule has 2 N–H and O–H groups in total. The summed E-state index contributed by atoms with van der Waals surface area (Å²) in [6.45, 7) is 2.28. The molecule has 7 heteroatoms. The van der Waals surface area contributed by atoms with Gasteiger partial charge in [0.1, 0.15) is 6.26 Å². The number of nitrogens with one attached hydrogen (secondary N) is 1. The molecular weight excluding hydrogens is 276 g/mol. The van der Waals surface area contributed by atoms with Gasteiger partial charge in [0.25, 0.3) is 6.01 Å². The highest BCUT2D eigenvalue weighted by Crippen LogP contribution is 2.11. The van der Waals surface area contributed by atoms with Crippen LogP contribution in [0.5, 0.6) is 0 Å². The highest BCUT2D eigenvalue weighted by molar-refractivity contribution is 5.88. The first-order valence-electron chi connectivity index (χ1n) is 6.29. The largest absolute Gasteiger partial charge is 0.478 e. The van der Waals surface area contributed by atoms with Gasteiger partial charge in [-0.2, -0.15) is 4.98 Å². The number of benzene rings is 1. The Kier molecular flexibility index (Phi) is 4.55. The van der Waals surface area contributed by atoms with Crippen LogP contribution in [-0.4, -0.2) is 28.6 Å². The van der Waals surface area contributed by atoms with Crippen molar-refractivity contribution in [3.05, 3.63) is 47.3 Å². The topological polar surface area (TPSA) is 102 Å². The lowest BCUT2D eigenvalue weighted by Gasteiger charge is -2.03. The van der Waals surface area contributed by atoms with Crippen molar-refractivity contribution in [2.24, 2.45) is 0 Å². The van der Waals surface area contributed by atoms with Crippen molar-refractivity contribution >= 4 is 18.0 Å². The number of anilines is 1. The van der Waals surface area contributed by atoms with E-state index in [-0.39, 0.29) is 23.9 Å². The monoisotopic (exact) mass is 290 g/mol. The molecule has 21 heavy (non-hydrogen) atoms. The third-order valence-corrected chi connectivity index (χ3v) is 2.61. The molecule has 0 saturated carbocycles. The zero-order chi connectivity index (χ0) is 15.2. The molecule has 2 rings (SSSR count). The van der Waals surface area contributed by atoms with E-state index in [9.17, 15) is 9.59 Å². The van der Waals surface area contributed by atoms with E-state index in [2.05, 4.69) is 10.3 Å². The fourth-order valence-corrected chi connectivity index (χ4v) is 1.65. The Labute approximate surface area is 120 Å². The van der Waals surface area contributed by atoms with E-state index < -0.39 is 11.9 Å². The number of nitrogens with zero attached hydrogens (tertiary/aromatic N) is 1. The van der Waals surface area contributed by atoms with Gasteiger partial charge in [0.15, 0.2) is 5.69 Å². The van der Waals surface area contributed by atoms with Crippen molar-refractivity contribution in [3.8, 4) is 0 Å². The highest BCUT2D eigenvalue weighted by atomic mass is 16.5. The maximum atomic E-state index is 11.4. The molecule has 7 nitrogen and oxygen atoms in total. The molecule has 0 spiro atoms. The number of carbonyl (C=O) groups is 2. The minimum absolute atomic E-state index is 0.0821. The first kappa shape index (κ1) is 14.6. The van der Waals surface area contributed by atoms with Crippen LogP contribution in [0.2, 0.25) is 0 Å². The summed E-state index contributed by atoms with van der Waals surface area (Å²) < 4.78 is 9.88. The van der Waals surface area contributed by atoms with Gasteiger partial charge < -0.3 is 19.6 Å². The molecule has 0 amide bonds. The molecule has 1 aromatic heterocycles. The first-order valence-corrected chi connectivity index (χ1v) is 6.29. The van der Waals surface area contributed by atoms with Crippen LogP contribution >= 0.6 is 0 Å². The SMILES string of the molecule is CCOC(=O)c1coc(NCc2cccc(C(=O)O)c2)n1. The van der Waals surface area contributed by atoms with Crippen molar-refractivity contribution in [3.63, 3.8) is 0 Å². The third-order valence-electron chi connectivity index (χ3n) is 2.61. The number of carbonyl (C=O) groups excluding carboxylic acids is 1. The van der Waals surface area contributed by atoms with Gasteiger partial charge in [-0.25, -0.2) is 9.59 Å². The number of hydrogen-bond donors (Lipinski definition) is 2. The summed E-state index contributed by atoms with van der Waals surface area (Å²) in [5, 5.41) is 11.8. The van der Waals surface area contributed by atoms with Gasteiger partial charge in [0, 0.05) is 6.54 Å². The van der Waals surface area contributed by atoms with Crippen LogP contribution in [0.3, 0.4) is 0 Å². The van der Waals surface area contributed by atoms with Crippen LogP contribution in [0.4, 0.5) is 6.01 Å². The number of carboxylic acids is 1. The maximum absolute atomic E-state index is 11.4. The number of esters is 1. The van der Waals surface area contributed by atoms with Crippen LogP contribution in [-0.2, 0) is 11.3 Å². The van der Waals surface area contributed by atoms with E-state index >= 15 is 0 Å². The summed E-state index contributed by atoms with van der Waals surface area (Å²) in [4.78, 5) is 26.2. The zero-order valence-electron chi connectivity index (χ0n) is 11.3. The molecule has 0 radical (unpaired) electrons. The van der Waals surface area contributed by atoms with Crippen molar-refractivity contribution < 1.29 is 23.8 Å². The lowest BCUT2D eigenvalue weighted by Crippen LogP contribution is -2.06. The number of carboxylic acid groups (broad SMARTS) is 1. The fraction of sp³-hybridized carbons (Fsp3) is 0.214. The van der Waals surface area contributed by atoms with Gasteiger partial charge in [-0.3, -0.25) is 0 Å². The fourth-order valence-electron chi connectivity index (χ4n) is 1.65. The van der Waals surface area contributed by atoms with E-state index in [4.69, 9.17) is 14.3 Å². The molecular formula is C14H14N2O5. The number of aromatic carboxylic acids is 1. The Morgan fingerprint density at radius 2 is 2.24 bits per heavy atom. The van der Waals surface area contributed by atoms with Gasteiger partial charge in [-0.1, -0.05) is 12.1 Å². The number of hydrogen-bond acceptors (Lipinski definition) is 6. The lowest BCUT2D eigenvalue weighted by molar-refractivity contribution is 0.0519. The summed E-state index contributed by atoms with van der Waals surface area (Å²) in [5.74, 6) is -1.54. The molecule has 0 aliphatic carbocycles. The number of oxazole rings is 1. The predicted molar refractivity (Wildman–Crippen MR) is 73.2 cm³/mol. The van der Waals surface area contributed by atoms with E-state index in [0.717, 1.165) is 5.56 Å². The van der Waals surface area contributed by atoms with Crippen LogP contribution in [0.25, 0.3) is 0 Å². The van der Waals surface area contributed by atoms with E-state index in [0.29, 0.717) is 6.54 Å². The maximum Gasteiger partial charge on any atom is 0.360 e. The number of rotatable bonds is 6. The summed E-state index contributed by atoms with van der Waals surface area (Å²) in [6.07, 6.45) is 1.20. The van der Waals surface area contributed by atoms with Crippen LogP contribution in [0, 0.1) is 0 Å². The molecule has 110 valence electrons. The predicted octanol–water partition coefficient (Wildman–Crippen LogP) is 2.16. The van der Waals surface area contributed by atoms with Gasteiger partial charge in [0.2, 0.25) is 0 Å². The van der Waals surface area contributed by atoms with Crippen molar-refractivity contribution in [2.45, 2.75) is 13.5 Å². The van der Waals surface area contributed by atoms with Crippen LogP contribution in [0.15, 0.2) is 34.9 Å². The molecule has 1 heterocycles. The van der Waals surface area contributed by atoms with Crippen molar-refractivity contribution in [1.82, 2.24) is 4.98 Å². The van der Waals surface area contributed by atoms with E-state index in [1.807, 2.05) is 0 Å². The second-order valence-electron chi connectivity index (χ2n) is 4.12. The Bertz CT molecular complexity index is 650. The van der Waals surface area contributed by atoms with Gasteiger partial charge in [-0.05, 0) is 24.6 Å². The Hall–Kier alpha value is -2.83. The Morgan fingerprint density at radius 1 is 1.43 bits per heavy atom. The van der Waals surface area contributed by atoms with E-state index in [1.165, 1.54) is 12.3 Å². The molecule has 0 aliphatic rings. The normalized spacial score (nSPS) is 10.1. The first-order chi connectivity index (χ1) is 10.1. The minimum Gasteiger partial charge on any atom is -0.478 e. The van der Waals surface area contributed by atoms with Gasteiger partial charge in [0.05, 0.1) is 12.2 Å². The molecule has 0 atom stereocenters.